The van der Waals surface area contributed by atoms with Crippen molar-refractivity contribution >= 4 is 23.2 Å². The lowest BCUT2D eigenvalue weighted by Crippen LogP contribution is -2.47. The Bertz CT molecular complexity index is 766. The van der Waals surface area contributed by atoms with Crippen molar-refractivity contribution in [3.05, 3.63) is 54.4 Å². The molecular formula is C19H22N4O3. The van der Waals surface area contributed by atoms with Crippen LogP contribution in [0.4, 0.5) is 11.4 Å². The third-order valence-electron chi connectivity index (χ3n) is 4.22. The number of rotatable bonds is 5. The highest BCUT2D eigenvalue weighted by Gasteiger charge is 2.26. The first-order chi connectivity index (χ1) is 12.7. The Morgan fingerprint density at radius 1 is 1.19 bits per heavy atom. The molecule has 136 valence electrons. The summed E-state index contributed by atoms with van der Waals surface area (Å²) in [6, 6.07) is 10.3. The Hall–Kier alpha value is -2.77. The van der Waals surface area contributed by atoms with Gasteiger partial charge in [-0.2, -0.15) is 0 Å². The van der Waals surface area contributed by atoms with Crippen molar-refractivity contribution in [1.82, 2.24) is 9.88 Å². The van der Waals surface area contributed by atoms with Gasteiger partial charge in [0, 0.05) is 42.4 Å². The van der Waals surface area contributed by atoms with Crippen LogP contribution in [-0.4, -0.2) is 54.0 Å². The van der Waals surface area contributed by atoms with E-state index in [4.69, 9.17) is 4.74 Å². The predicted molar refractivity (Wildman–Crippen MR) is 99.1 cm³/mol. The topological polar surface area (TPSA) is 83.6 Å². The van der Waals surface area contributed by atoms with Gasteiger partial charge >= 0.3 is 0 Å². The van der Waals surface area contributed by atoms with Crippen LogP contribution in [-0.2, 0) is 9.53 Å². The standard InChI is InChI=1S/C19H22N4O3/c1-2-23-10-11-26-17(13-23)19(25)22-16-5-3-4-14(12-16)18(24)21-15-6-8-20-9-7-15/h3-9,12,17H,2,10-11,13H2,1H3,(H,22,25)(H,20,21,24). The minimum atomic E-state index is -0.502. The lowest BCUT2D eigenvalue weighted by molar-refractivity contribution is -0.132. The highest BCUT2D eigenvalue weighted by Crippen LogP contribution is 2.15. The average molecular weight is 354 g/mol. The number of morpholine rings is 1. The number of pyridine rings is 1. The van der Waals surface area contributed by atoms with E-state index in [9.17, 15) is 9.59 Å². The lowest BCUT2D eigenvalue weighted by Gasteiger charge is -2.31. The van der Waals surface area contributed by atoms with E-state index in [1.165, 1.54) is 0 Å². The van der Waals surface area contributed by atoms with Gasteiger partial charge in [-0.05, 0) is 36.9 Å². The summed E-state index contributed by atoms with van der Waals surface area (Å²) in [6.45, 7) is 4.90. The minimum absolute atomic E-state index is 0.199. The molecule has 2 heterocycles. The monoisotopic (exact) mass is 354 g/mol. The quantitative estimate of drug-likeness (QED) is 0.858. The summed E-state index contributed by atoms with van der Waals surface area (Å²) in [4.78, 5) is 30.9. The van der Waals surface area contributed by atoms with Crippen molar-refractivity contribution in [3.63, 3.8) is 0 Å². The Balaban J connectivity index is 1.63. The second kappa shape index (κ2) is 8.55. The smallest absolute Gasteiger partial charge is 0.255 e. The lowest BCUT2D eigenvalue weighted by atomic mass is 10.1. The second-order valence-corrected chi connectivity index (χ2v) is 6.01. The van der Waals surface area contributed by atoms with E-state index in [0.29, 0.717) is 30.1 Å². The molecule has 1 aromatic heterocycles. The molecule has 0 bridgehead atoms. The number of carbonyl (C=O) groups is 2. The average Bonchev–Trinajstić information content (AvgIpc) is 2.69. The summed E-state index contributed by atoms with van der Waals surface area (Å²) >= 11 is 0. The first kappa shape index (κ1) is 18.0. The summed E-state index contributed by atoms with van der Waals surface area (Å²) in [5, 5.41) is 5.63. The van der Waals surface area contributed by atoms with Crippen molar-refractivity contribution in [2.45, 2.75) is 13.0 Å². The van der Waals surface area contributed by atoms with Crippen LogP contribution in [0.1, 0.15) is 17.3 Å². The molecule has 2 aromatic rings. The highest BCUT2D eigenvalue weighted by atomic mass is 16.5. The fraction of sp³-hybridized carbons (Fsp3) is 0.316. The molecule has 1 aliphatic heterocycles. The Kier molecular flexibility index (Phi) is 5.93. The molecule has 26 heavy (non-hydrogen) atoms. The first-order valence-corrected chi connectivity index (χ1v) is 8.62. The molecule has 1 fully saturated rings. The molecule has 1 aromatic carbocycles. The zero-order valence-corrected chi connectivity index (χ0v) is 14.6. The molecule has 1 atom stereocenters. The second-order valence-electron chi connectivity index (χ2n) is 6.01. The van der Waals surface area contributed by atoms with Gasteiger partial charge in [-0.15, -0.1) is 0 Å². The van der Waals surface area contributed by atoms with Crippen LogP contribution in [0.2, 0.25) is 0 Å². The van der Waals surface area contributed by atoms with Gasteiger partial charge in [0.1, 0.15) is 6.10 Å². The maximum atomic E-state index is 12.4. The molecule has 1 saturated heterocycles. The largest absolute Gasteiger partial charge is 0.366 e. The Morgan fingerprint density at radius 2 is 2.00 bits per heavy atom. The van der Waals surface area contributed by atoms with Crippen LogP contribution < -0.4 is 10.6 Å². The van der Waals surface area contributed by atoms with Crippen LogP contribution in [0.25, 0.3) is 0 Å². The molecule has 0 aliphatic carbocycles. The first-order valence-electron chi connectivity index (χ1n) is 8.62. The fourth-order valence-corrected chi connectivity index (χ4v) is 2.75. The van der Waals surface area contributed by atoms with E-state index in [-0.39, 0.29) is 11.8 Å². The number of hydrogen-bond acceptors (Lipinski definition) is 5. The van der Waals surface area contributed by atoms with Gasteiger partial charge in [-0.3, -0.25) is 19.5 Å². The molecular weight excluding hydrogens is 332 g/mol. The number of nitrogens with one attached hydrogen (secondary N) is 2. The molecule has 0 spiro atoms. The SMILES string of the molecule is CCN1CCOC(C(=O)Nc2cccc(C(=O)Nc3ccncc3)c2)C1. The van der Waals surface area contributed by atoms with Crippen molar-refractivity contribution in [2.75, 3.05) is 36.9 Å². The van der Waals surface area contributed by atoms with Gasteiger partial charge in [-0.25, -0.2) is 0 Å². The number of aromatic nitrogens is 1. The normalized spacial score (nSPS) is 17.5. The number of nitrogens with zero attached hydrogens (tertiary/aromatic N) is 2. The van der Waals surface area contributed by atoms with Crippen molar-refractivity contribution in [2.24, 2.45) is 0 Å². The molecule has 2 N–H and O–H groups in total. The van der Waals surface area contributed by atoms with Gasteiger partial charge in [0.25, 0.3) is 11.8 Å². The summed E-state index contributed by atoms with van der Waals surface area (Å²) in [5.41, 5.74) is 1.68. The van der Waals surface area contributed by atoms with Crippen molar-refractivity contribution in [1.29, 1.82) is 0 Å². The highest BCUT2D eigenvalue weighted by molar-refractivity contribution is 6.05. The number of anilines is 2. The van der Waals surface area contributed by atoms with Crippen molar-refractivity contribution < 1.29 is 14.3 Å². The van der Waals surface area contributed by atoms with Crippen LogP contribution in [0.5, 0.6) is 0 Å². The molecule has 3 rings (SSSR count). The molecule has 1 unspecified atom stereocenters. The summed E-state index contributed by atoms with van der Waals surface area (Å²) < 4.78 is 5.56. The molecule has 7 nitrogen and oxygen atoms in total. The van der Waals surface area contributed by atoms with E-state index in [1.807, 2.05) is 0 Å². The number of carbonyl (C=O) groups excluding carboxylic acids is 2. The number of benzene rings is 1. The third kappa shape index (κ3) is 4.65. The van der Waals surface area contributed by atoms with Crippen molar-refractivity contribution in [3.8, 4) is 0 Å². The number of ether oxygens (including phenoxy) is 1. The van der Waals surface area contributed by atoms with Crippen LogP contribution in [0.3, 0.4) is 0 Å². The Labute approximate surface area is 152 Å². The predicted octanol–water partition coefficient (Wildman–Crippen LogP) is 1.99. The zero-order valence-electron chi connectivity index (χ0n) is 14.6. The number of hydrogen-bond donors (Lipinski definition) is 2. The van der Waals surface area contributed by atoms with Gasteiger partial charge in [0.2, 0.25) is 0 Å². The number of likely N-dealkylation sites (N-methyl/N-ethyl adjacent to an activating group) is 1. The molecule has 0 radical (unpaired) electrons. The van der Waals surface area contributed by atoms with E-state index >= 15 is 0 Å². The summed E-state index contributed by atoms with van der Waals surface area (Å²) in [6.07, 6.45) is 2.71. The van der Waals surface area contributed by atoms with Gasteiger partial charge < -0.3 is 15.4 Å². The van der Waals surface area contributed by atoms with E-state index in [1.54, 1.807) is 48.8 Å². The molecule has 2 amide bonds. The van der Waals surface area contributed by atoms with Crippen LogP contribution >= 0.6 is 0 Å². The van der Waals surface area contributed by atoms with Crippen LogP contribution in [0, 0.1) is 0 Å². The summed E-state index contributed by atoms with van der Waals surface area (Å²) in [7, 11) is 0. The third-order valence-corrected chi connectivity index (χ3v) is 4.22. The molecule has 0 saturated carbocycles. The molecule has 1 aliphatic rings. The maximum Gasteiger partial charge on any atom is 0.255 e. The van der Waals surface area contributed by atoms with E-state index in [0.717, 1.165) is 13.1 Å². The summed E-state index contributed by atoms with van der Waals surface area (Å²) in [5.74, 6) is -0.451. The molecule has 7 heteroatoms. The Morgan fingerprint density at radius 3 is 2.77 bits per heavy atom. The maximum absolute atomic E-state index is 12.4. The zero-order chi connectivity index (χ0) is 18.4. The van der Waals surface area contributed by atoms with E-state index in [2.05, 4.69) is 27.4 Å². The van der Waals surface area contributed by atoms with E-state index < -0.39 is 6.10 Å². The van der Waals surface area contributed by atoms with Gasteiger partial charge in [0.05, 0.1) is 6.61 Å². The van der Waals surface area contributed by atoms with Gasteiger partial charge in [0.15, 0.2) is 0 Å². The fourth-order valence-electron chi connectivity index (χ4n) is 2.75. The minimum Gasteiger partial charge on any atom is -0.366 e. The van der Waals surface area contributed by atoms with Crippen LogP contribution in [0.15, 0.2) is 48.8 Å². The van der Waals surface area contributed by atoms with Gasteiger partial charge in [-0.1, -0.05) is 13.0 Å². The number of amides is 2.